The summed E-state index contributed by atoms with van der Waals surface area (Å²) in [5, 5.41) is 7.20. The van der Waals surface area contributed by atoms with Gasteiger partial charge in [0.15, 0.2) is 0 Å². The third kappa shape index (κ3) is 9.60. The van der Waals surface area contributed by atoms with Gasteiger partial charge in [0.05, 0.1) is 12.2 Å². The summed E-state index contributed by atoms with van der Waals surface area (Å²) in [5.41, 5.74) is -0.805. The topological polar surface area (TPSA) is 126 Å². The molecule has 3 N–H and O–H groups in total. The predicted octanol–water partition coefficient (Wildman–Crippen LogP) is 3.76. The third-order valence-corrected chi connectivity index (χ3v) is 5.86. The Balaban J connectivity index is 1.74. The van der Waals surface area contributed by atoms with E-state index in [0.29, 0.717) is 11.3 Å². The Labute approximate surface area is 238 Å². The summed E-state index contributed by atoms with van der Waals surface area (Å²) in [5.74, 6) is -4.35. The van der Waals surface area contributed by atoms with E-state index in [9.17, 15) is 32.3 Å². The molecule has 9 nitrogen and oxygen atoms in total. The fourth-order valence-electron chi connectivity index (χ4n) is 3.62. The van der Waals surface area contributed by atoms with Gasteiger partial charge < -0.3 is 20.7 Å². The van der Waals surface area contributed by atoms with E-state index in [4.69, 9.17) is 11.6 Å². The van der Waals surface area contributed by atoms with Crippen LogP contribution in [-0.2, 0) is 27.3 Å². The molecule has 3 aromatic rings. The van der Waals surface area contributed by atoms with E-state index < -0.39 is 47.2 Å². The van der Waals surface area contributed by atoms with E-state index >= 15 is 0 Å². The van der Waals surface area contributed by atoms with E-state index in [-0.39, 0.29) is 23.6 Å². The van der Waals surface area contributed by atoms with Crippen molar-refractivity contribution < 1.29 is 37.1 Å². The van der Waals surface area contributed by atoms with Crippen LogP contribution >= 0.6 is 11.6 Å². The zero-order valence-electron chi connectivity index (χ0n) is 21.9. The van der Waals surface area contributed by atoms with Crippen LogP contribution in [0.25, 0.3) is 0 Å². The molecule has 0 fully saturated rings. The third-order valence-electron chi connectivity index (χ3n) is 5.65. The SMILES string of the molecule is CC(C)(NC(=O)c1cc(Cl)cc(OC(F)(F)F)c1)C(=O)N[C@H](Cc1ccccc1)C(=O)C(=O)NCc1ccccn1. The molecule has 41 heavy (non-hydrogen) atoms. The molecule has 0 aliphatic rings. The van der Waals surface area contributed by atoms with E-state index in [1.165, 1.54) is 20.0 Å². The number of benzene rings is 2. The molecule has 1 heterocycles. The lowest BCUT2D eigenvalue weighted by Crippen LogP contribution is -2.59. The molecule has 0 aliphatic heterocycles. The van der Waals surface area contributed by atoms with Gasteiger partial charge in [-0.3, -0.25) is 24.2 Å². The second-order valence-corrected chi connectivity index (χ2v) is 9.82. The van der Waals surface area contributed by atoms with Gasteiger partial charge in [-0.05, 0) is 49.7 Å². The van der Waals surface area contributed by atoms with Crippen molar-refractivity contribution in [3.63, 3.8) is 0 Å². The molecule has 0 unspecified atom stereocenters. The van der Waals surface area contributed by atoms with Gasteiger partial charge in [-0.15, -0.1) is 13.2 Å². The van der Waals surface area contributed by atoms with Gasteiger partial charge in [0.2, 0.25) is 11.7 Å². The maximum atomic E-state index is 13.2. The number of Topliss-reactive ketones (excluding diaryl/α,β-unsaturated/α-hetero) is 1. The summed E-state index contributed by atoms with van der Waals surface area (Å²) in [6.07, 6.45) is -3.51. The molecular weight excluding hydrogens is 565 g/mol. The van der Waals surface area contributed by atoms with Gasteiger partial charge in [-0.25, -0.2) is 0 Å². The van der Waals surface area contributed by atoms with Crippen LogP contribution in [0.5, 0.6) is 5.75 Å². The minimum atomic E-state index is -5.01. The largest absolute Gasteiger partial charge is 0.573 e. The highest BCUT2D eigenvalue weighted by atomic mass is 35.5. The Hall–Kier alpha value is -4.45. The number of carbonyl (C=O) groups is 4. The van der Waals surface area contributed by atoms with Crippen LogP contribution in [0.15, 0.2) is 72.9 Å². The number of aromatic nitrogens is 1. The van der Waals surface area contributed by atoms with Crippen molar-refractivity contribution >= 4 is 35.1 Å². The second-order valence-electron chi connectivity index (χ2n) is 9.39. The van der Waals surface area contributed by atoms with Gasteiger partial charge in [0.25, 0.3) is 11.8 Å². The summed E-state index contributed by atoms with van der Waals surface area (Å²) in [4.78, 5) is 56.0. The van der Waals surface area contributed by atoms with Crippen LogP contribution in [0, 0.1) is 0 Å². The number of amides is 3. The van der Waals surface area contributed by atoms with Crippen LogP contribution in [0.1, 0.15) is 35.5 Å². The summed E-state index contributed by atoms with van der Waals surface area (Å²) in [6.45, 7) is 2.63. The summed E-state index contributed by atoms with van der Waals surface area (Å²) < 4.78 is 41.8. The summed E-state index contributed by atoms with van der Waals surface area (Å²) >= 11 is 5.85. The number of pyridine rings is 1. The van der Waals surface area contributed by atoms with Crippen LogP contribution in [0.4, 0.5) is 13.2 Å². The molecule has 0 radical (unpaired) electrons. The average molecular weight is 591 g/mol. The van der Waals surface area contributed by atoms with Crippen molar-refractivity contribution in [1.82, 2.24) is 20.9 Å². The van der Waals surface area contributed by atoms with E-state index in [0.717, 1.165) is 18.2 Å². The van der Waals surface area contributed by atoms with Gasteiger partial charge in [-0.1, -0.05) is 48.0 Å². The fourth-order valence-corrected chi connectivity index (χ4v) is 3.84. The molecule has 0 bridgehead atoms. The van der Waals surface area contributed by atoms with Gasteiger partial charge in [0.1, 0.15) is 17.3 Å². The lowest BCUT2D eigenvalue weighted by atomic mass is 9.98. The smallest absolute Gasteiger partial charge is 0.406 e. The number of nitrogens with zero attached hydrogens (tertiary/aromatic N) is 1. The number of ether oxygens (including phenoxy) is 1. The quantitative estimate of drug-likeness (QED) is 0.292. The molecule has 216 valence electrons. The number of hydrogen-bond acceptors (Lipinski definition) is 6. The van der Waals surface area contributed by atoms with Crippen LogP contribution in [0.2, 0.25) is 5.02 Å². The van der Waals surface area contributed by atoms with Crippen LogP contribution < -0.4 is 20.7 Å². The molecule has 3 amide bonds. The van der Waals surface area contributed by atoms with Crippen LogP contribution in [-0.4, -0.2) is 46.4 Å². The first kappa shape index (κ1) is 31.1. The number of ketones is 1. The highest BCUT2D eigenvalue weighted by molar-refractivity contribution is 6.38. The number of halogens is 4. The molecule has 1 aromatic heterocycles. The van der Waals surface area contributed by atoms with Crippen molar-refractivity contribution in [3.05, 3.63) is 94.8 Å². The lowest BCUT2D eigenvalue weighted by molar-refractivity contribution is -0.274. The Morgan fingerprint density at radius 3 is 2.29 bits per heavy atom. The van der Waals surface area contributed by atoms with Crippen molar-refractivity contribution in [2.75, 3.05) is 0 Å². The number of carbonyl (C=O) groups excluding carboxylic acids is 4. The minimum Gasteiger partial charge on any atom is -0.406 e. The fraction of sp³-hybridized carbons (Fsp3) is 0.250. The van der Waals surface area contributed by atoms with Crippen LogP contribution in [0.3, 0.4) is 0 Å². The molecule has 1 atom stereocenters. The van der Waals surface area contributed by atoms with Gasteiger partial charge in [0, 0.05) is 23.2 Å². The standard InChI is InChI=1S/C28H26ClF3N4O5/c1-27(2,36-24(38)18-13-19(29)15-21(14-18)41-28(30,31)32)26(40)35-22(12-17-8-4-3-5-9-17)23(37)25(39)34-16-20-10-6-7-11-33-20/h3-11,13-15,22H,12,16H2,1-2H3,(H,34,39)(H,35,40)(H,36,38)/t22-/m1/s1. The van der Waals surface area contributed by atoms with Gasteiger partial charge in [-0.2, -0.15) is 0 Å². The second kappa shape index (κ2) is 13.3. The molecule has 0 saturated carbocycles. The van der Waals surface area contributed by atoms with E-state index in [1.54, 1.807) is 48.5 Å². The highest BCUT2D eigenvalue weighted by Crippen LogP contribution is 2.27. The summed E-state index contributed by atoms with van der Waals surface area (Å²) in [6, 6.07) is 15.2. The normalized spacial score (nSPS) is 12.1. The zero-order chi connectivity index (χ0) is 30.2. The Morgan fingerprint density at radius 1 is 0.976 bits per heavy atom. The number of rotatable bonds is 11. The van der Waals surface area contributed by atoms with Crippen molar-refractivity contribution in [3.8, 4) is 5.75 Å². The molecule has 0 aliphatic carbocycles. The maximum Gasteiger partial charge on any atom is 0.573 e. The molecule has 13 heteroatoms. The molecule has 2 aromatic carbocycles. The van der Waals surface area contributed by atoms with Crippen molar-refractivity contribution in [2.45, 2.75) is 44.8 Å². The Kier molecular flexibility index (Phi) is 10.1. The molecule has 3 rings (SSSR count). The monoisotopic (exact) mass is 590 g/mol. The molecular formula is C28H26ClF3N4O5. The van der Waals surface area contributed by atoms with Crippen molar-refractivity contribution in [1.29, 1.82) is 0 Å². The van der Waals surface area contributed by atoms with E-state index in [1.807, 2.05) is 0 Å². The average Bonchev–Trinajstić information content (AvgIpc) is 2.90. The minimum absolute atomic E-state index is 0.0152. The Bertz CT molecular complexity index is 1400. The number of hydrogen-bond donors (Lipinski definition) is 3. The predicted molar refractivity (Wildman–Crippen MR) is 143 cm³/mol. The first-order valence-corrected chi connectivity index (χ1v) is 12.6. The lowest BCUT2D eigenvalue weighted by Gasteiger charge is -2.28. The molecule has 0 spiro atoms. The number of alkyl halides is 3. The maximum absolute atomic E-state index is 13.2. The van der Waals surface area contributed by atoms with Gasteiger partial charge >= 0.3 is 6.36 Å². The van der Waals surface area contributed by atoms with E-state index in [2.05, 4.69) is 25.7 Å². The Morgan fingerprint density at radius 2 is 1.66 bits per heavy atom. The highest BCUT2D eigenvalue weighted by Gasteiger charge is 2.36. The molecule has 0 saturated heterocycles. The first-order chi connectivity index (χ1) is 19.2. The zero-order valence-corrected chi connectivity index (χ0v) is 22.7. The number of nitrogens with one attached hydrogen (secondary N) is 3. The summed E-state index contributed by atoms with van der Waals surface area (Å²) in [7, 11) is 0. The first-order valence-electron chi connectivity index (χ1n) is 12.2. The van der Waals surface area contributed by atoms with Crippen molar-refractivity contribution in [2.24, 2.45) is 0 Å².